The van der Waals surface area contributed by atoms with Crippen molar-refractivity contribution in [3.8, 4) is 0 Å². The predicted molar refractivity (Wildman–Crippen MR) is 89.0 cm³/mol. The molecule has 118 valence electrons. The first-order valence-corrected chi connectivity index (χ1v) is 7.62. The van der Waals surface area contributed by atoms with Crippen molar-refractivity contribution in [1.29, 1.82) is 0 Å². The minimum absolute atomic E-state index is 0.0585. The predicted octanol–water partition coefficient (Wildman–Crippen LogP) is 3.39. The lowest BCUT2D eigenvalue weighted by molar-refractivity contribution is -0.123. The molecule has 0 bridgehead atoms. The minimum atomic E-state index is -0.267. The average molecular weight is 300 g/mol. The largest absolute Gasteiger partial charge is 0.350 e. The van der Waals surface area contributed by atoms with E-state index in [1.165, 1.54) is 0 Å². The molecule has 1 aromatic carbocycles. The number of hydrogen-bond donors (Lipinski definition) is 1. The highest BCUT2D eigenvalue weighted by Gasteiger charge is 2.19. The molecular weight excluding hydrogens is 276 g/mol. The smallest absolute Gasteiger partial charge is 0.240 e. The monoisotopic (exact) mass is 300 g/mol. The van der Waals surface area contributed by atoms with Crippen LogP contribution in [0, 0.1) is 5.92 Å². The van der Waals surface area contributed by atoms with Crippen LogP contribution in [0.4, 0.5) is 0 Å². The highest BCUT2D eigenvalue weighted by atomic mass is 16.2. The molecular formula is C18H24N2O2. The number of ketones is 1. The van der Waals surface area contributed by atoms with Gasteiger partial charge in [0.2, 0.25) is 5.91 Å². The van der Waals surface area contributed by atoms with E-state index in [2.05, 4.69) is 5.32 Å². The number of fused-ring (bicyclic) bond motifs is 1. The molecule has 22 heavy (non-hydrogen) atoms. The van der Waals surface area contributed by atoms with Crippen molar-refractivity contribution in [3.05, 3.63) is 36.0 Å². The van der Waals surface area contributed by atoms with Crippen molar-refractivity contribution in [2.75, 3.05) is 0 Å². The molecule has 0 spiro atoms. The maximum absolute atomic E-state index is 12.4. The Morgan fingerprint density at radius 3 is 2.41 bits per heavy atom. The molecule has 0 aliphatic carbocycles. The number of nitrogens with one attached hydrogen (secondary N) is 1. The topological polar surface area (TPSA) is 51.1 Å². The fourth-order valence-electron chi connectivity index (χ4n) is 2.50. The summed E-state index contributed by atoms with van der Waals surface area (Å²) in [7, 11) is 0. The minimum Gasteiger partial charge on any atom is -0.350 e. The molecule has 0 unspecified atom stereocenters. The fraction of sp³-hybridized carbons (Fsp3) is 0.444. The summed E-state index contributed by atoms with van der Waals surface area (Å²) in [4.78, 5) is 24.5. The Kier molecular flexibility index (Phi) is 4.40. The molecule has 4 heteroatoms. The van der Waals surface area contributed by atoms with Crippen LogP contribution in [-0.2, 0) is 11.3 Å². The third-order valence-corrected chi connectivity index (χ3v) is 3.41. The Labute approximate surface area is 131 Å². The maximum Gasteiger partial charge on any atom is 0.240 e. The normalized spacial score (nSPS) is 11.9. The number of aromatic nitrogens is 1. The summed E-state index contributed by atoms with van der Waals surface area (Å²) >= 11 is 0. The first kappa shape index (κ1) is 16.3. The van der Waals surface area contributed by atoms with Crippen LogP contribution in [0.15, 0.2) is 30.5 Å². The second-order valence-corrected chi connectivity index (χ2v) is 7.00. The highest BCUT2D eigenvalue weighted by Crippen LogP contribution is 2.23. The van der Waals surface area contributed by atoms with Gasteiger partial charge in [-0.3, -0.25) is 9.59 Å². The SMILES string of the molecule is CC(C)C(=O)c1cn(CC(=O)NC(C)(C)C)c2ccccc12. The van der Waals surface area contributed by atoms with E-state index in [9.17, 15) is 9.59 Å². The third-order valence-electron chi connectivity index (χ3n) is 3.41. The van der Waals surface area contributed by atoms with Crippen molar-refractivity contribution in [1.82, 2.24) is 9.88 Å². The van der Waals surface area contributed by atoms with Crippen molar-refractivity contribution in [2.24, 2.45) is 5.92 Å². The quantitative estimate of drug-likeness (QED) is 0.880. The van der Waals surface area contributed by atoms with Gasteiger partial charge in [0.25, 0.3) is 0 Å². The van der Waals surface area contributed by atoms with Gasteiger partial charge < -0.3 is 9.88 Å². The standard InChI is InChI=1S/C18H24N2O2/c1-12(2)17(22)14-10-20(11-16(21)19-18(3,4)5)15-9-7-6-8-13(14)15/h6-10,12H,11H2,1-5H3,(H,19,21). The maximum atomic E-state index is 12.4. The molecule has 2 aromatic rings. The molecule has 0 fully saturated rings. The summed E-state index contributed by atoms with van der Waals surface area (Å²) in [5.41, 5.74) is 1.33. The van der Waals surface area contributed by atoms with Gasteiger partial charge in [0.1, 0.15) is 6.54 Å². The van der Waals surface area contributed by atoms with Crippen LogP contribution in [0.5, 0.6) is 0 Å². The van der Waals surface area contributed by atoms with Gasteiger partial charge in [0.05, 0.1) is 0 Å². The van der Waals surface area contributed by atoms with E-state index in [1.54, 1.807) is 6.20 Å². The van der Waals surface area contributed by atoms with E-state index >= 15 is 0 Å². The van der Waals surface area contributed by atoms with Gasteiger partial charge in [-0.05, 0) is 26.8 Å². The van der Waals surface area contributed by atoms with Gasteiger partial charge in [-0.1, -0.05) is 32.0 Å². The Balaban J connectivity index is 2.39. The van der Waals surface area contributed by atoms with Gasteiger partial charge >= 0.3 is 0 Å². The summed E-state index contributed by atoms with van der Waals surface area (Å²) < 4.78 is 1.85. The number of Topliss-reactive ketones (excluding diaryl/α,β-unsaturated/α-hetero) is 1. The molecule has 0 radical (unpaired) electrons. The summed E-state index contributed by atoms with van der Waals surface area (Å²) in [5, 5.41) is 3.86. The van der Waals surface area contributed by atoms with Gasteiger partial charge in [-0.25, -0.2) is 0 Å². The lowest BCUT2D eigenvalue weighted by Gasteiger charge is -2.20. The van der Waals surface area contributed by atoms with Gasteiger partial charge in [-0.15, -0.1) is 0 Å². The number of para-hydroxylation sites is 1. The van der Waals surface area contributed by atoms with Crippen molar-refractivity contribution >= 4 is 22.6 Å². The van der Waals surface area contributed by atoms with Crippen molar-refractivity contribution in [3.63, 3.8) is 0 Å². The van der Waals surface area contributed by atoms with Crippen LogP contribution in [0.3, 0.4) is 0 Å². The van der Waals surface area contributed by atoms with E-state index in [0.29, 0.717) is 5.56 Å². The Hall–Kier alpha value is -2.10. The molecule has 2 rings (SSSR count). The molecule has 1 N–H and O–H groups in total. The molecule has 1 aromatic heterocycles. The first-order chi connectivity index (χ1) is 10.2. The van der Waals surface area contributed by atoms with Crippen LogP contribution >= 0.6 is 0 Å². The second kappa shape index (κ2) is 5.95. The van der Waals surface area contributed by atoms with Crippen molar-refractivity contribution in [2.45, 2.75) is 46.7 Å². The van der Waals surface area contributed by atoms with E-state index in [1.807, 2.05) is 63.5 Å². The summed E-state index contributed by atoms with van der Waals surface area (Å²) in [6.07, 6.45) is 1.80. The van der Waals surface area contributed by atoms with Crippen molar-refractivity contribution < 1.29 is 9.59 Å². The second-order valence-electron chi connectivity index (χ2n) is 7.00. The molecule has 0 aliphatic heterocycles. The molecule has 0 atom stereocenters. The van der Waals surface area contributed by atoms with Crippen LogP contribution in [-0.4, -0.2) is 21.8 Å². The lowest BCUT2D eigenvalue weighted by atomic mass is 10.0. The lowest BCUT2D eigenvalue weighted by Crippen LogP contribution is -2.42. The number of carbonyl (C=O) groups excluding carboxylic acids is 2. The Bertz CT molecular complexity index is 705. The Morgan fingerprint density at radius 1 is 1.18 bits per heavy atom. The zero-order valence-electron chi connectivity index (χ0n) is 13.9. The number of amides is 1. The molecule has 0 saturated heterocycles. The molecule has 0 saturated carbocycles. The van der Waals surface area contributed by atoms with Crippen LogP contribution in [0.2, 0.25) is 0 Å². The highest BCUT2D eigenvalue weighted by molar-refractivity contribution is 6.09. The zero-order valence-corrected chi connectivity index (χ0v) is 13.9. The average Bonchev–Trinajstić information content (AvgIpc) is 2.74. The molecule has 0 aliphatic rings. The van der Waals surface area contributed by atoms with E-state index in [4.69, 9.17) is 0 Å². The van der Waals surface area contributed by atoms with E-state index in [0.717, 1.165) is 10.9 Å². The summed E-state index contributed by atoms with van der Waals surface area (Å²) in [5.74, 6) is -0.0226. The van der Waals surface area contributed by atoms with E-state index in [-0.39, 0.29) is 29.7 Å². The number of nitrogens with zero attached hydrogens (tertiary/aromatic N) is 1. The third kappa shape index (κ3) is 3.56. The van der Waals surface area contributed by atoms with Gasteiger partial charge in [-0.2, -0.15) is 0 Å². The number of rotatable bonds is 4. The van der Waals surface area contributed by atoms with E-state index < -0.39 is 0 Å². The zero-order chi connectivity index (χ0) is 16.5. The number of hydrogen-bond acceptors (Lipinski definition) is 2. The number of carbonyl (C=O) groups is 2. The fourth-order valence-corrected chi connectivity index (χ4v) is 2.50. The van der Waals surface area contributed by atoms with Gasteiger partial charge in [0, 0.05) is 34.1 Å². The van der Waals surface area contributed by atoms with Crippen LogP contribution in [0.1, 0.15) is 45.0 Å². The summed E-state index contributed by atoms with van der Waals surface area (Å²) in [6.45, 7) is 9.84. The molecule has 4 nitrogen and oxygen atoms in total. The van der Waals surface area contributed by atoms with Crippen LogP contribution in [0.25, 0.3) is 10.9 Å². The number of benzene rings is 1. The molecule has 1 amide bonds. The van der Waals surface area contributed by atoms with Crippen LogP contribution < -0.4 is 5.32 Å². The molecule has 1 heterocycles. The Morgan fingerprint density at radius 2 is 1.82 bits per heavy atom. The first-order valence-electron chi connectivity index (χ1n) is 7.62. The summed E-state index contributed by atoms with van der Waals surface area (Å²) in [6, 6.07) is 7.71. The van der Waals surface area contributed by atoms with Gasteiger partial charge in [0.15, 0.2) is 5.78 Å².